The highest BCUT2D eigenvalue weighted by atomic mass is 16.2. The fourth-order valence-electron chi connectivity index (χ4n) is 2.06. The van der Waals surface area contributed by atoms with Crippen LogP contribution in [0.15, 0.2) is 40.2 Å². The van der Waals surface area contributed by atoms with Crippen molar-refractivity contribution in [2.24, 2.45) is 11.0 Å². The van der Waals surface area contributed by atoms with Crippen LogP contribution in [0.5, 0.6) is 0 Å². The van der Waals surface area contributed by atoms with E-state index in [9.17, 15) is 9.59 Å². The third-order valence-corrected chi connectivity index (χ3v) is 3.11. The molecule has 0 spiro atoms. The van der Waals surface area contributed by atoms with E-state index in [0.29, 0.717) is 17.7 Å². The smallest absolute Gasteiger partial charge is 0.280 e. The average Bonchev–Trinajstić information content (AvgIpc) is 2.75. The van der Waals surface area contributed by atoms with Gasteiger partial charge >= 0.3 is 0 Å². The van der Waals surface area contributed by atoms with Crippen molar-refractivity contribution in [1.29, 1.82) is 0 Å². The van der Waals surface area contributed by atoms with Gasteiger partial charge in [-0.25, -0.2) is 10.1 Å². The Labute approximate surface area is 128 Å². The Kier molecular flexibility index (Phi) is 4.93. The van der Waals surface area contributed by atoms with Gasteiger partial charge in [-0.15, -0.1) is 0 Å². The number of nitrogens with zero attached hydrogens (tertiary/aromatic N) is 2. The molecule has 6 nitrogen and oxygen atoms in total. The number of nitrogens with one attached hydrogen (secondary N) is 2. The summed E-state index contributed by atoms with van der Waals surface area (Å²) in [4.78, 5) is 23.9. The second-order valence-corrected chi connectivity index (χ2v) is 5.52. The molecule has 1 heterocycles. The number of para-hydroxylation sites is 1. The van der Waals surface area contributed by atoms with Crippen LogP contribution in [0, 0.1) is 12.8 Å². The average molecular weight is 300 g/mol. The number of hydrogen-bond donors (Lipinski definition) is 2. The van der Waals surface area contributed by atoms with E-state index in [1.807, 2.05) is 44.2 Å². The van der Waals surface area contributed by atoms with E-state index >= 15 is 0 Å². The monoisotopic (exact) mass is 300 g/mol. The molecule has 6 heteroatoms. The first-order valence-corrected chi connectivity index (χ1v) is 7.18. The van der Waals surface area contributed by atoms with Gasteiger partial charge < -0.3 is 0 Å². The van der Waals surface area contributed by atoms with E-state index in [2.05, 4.69) is 15.6 Å². The fraction of sp³-hybridized carbons (Fsp3) is 0.312. The predicted molar refractivity (Wildman–Crippen MR) is 86.3 cm³/mol. The lowest BCUT2D eigenvalue weighted by Gasteiger charge is -2.01. The van der Waals surface area contributed by atoms with Crippen molar-refractivity contribution in [3.05, 3.63) is 51.9 Å². The van der Waals surface area contributed by atoms with Crippen LogP contribution in [0.25, 0.3) is 5.69 Å². The highest BCUT2D eigenvalue weighted by Crippen LogP contribution is 2.05. The van der Waals surface area contributed by atoms with Crippen molar-refractivity contribution in [3.8, 4) is 5.69 Å². The van der Waals surface area contributed by atoms with Crippen LogP contribution in [0.3, 0.4) is 0 Å². The van der Waals surface area contributed by atoms with Crippen LogP contribution >= 0.6 is 0 Å². The molecule has 0 bridgehead atoms. The maximum Gasteiger partial charge on any atom is 0.280 e. The van der Waals surface area contributed by atoms with E-state index in [0.717, 1.165) is 5.69 Å². The van der Waals surface area contributed by atoms with Crippen molar-refractivity contribution in [2.75, 3.05) is 0 Å². The van der Waals surface area contributed by atoms with Crippen LogP contribution in [-0.4, -0.2) is 21.9 Å². The molecule has 2 aromatic rings. The molecule has 2 N–H and O–H groups in total. The summed E-state index contributed by atoms with van der Waals surface area (Å²) in [6.07, 6.45) is 1.78. The quantitative estimate of drug-likeness (QED) is 0.654. The summed E-state index contributed by atoms with van der Waals surface area (Å²) < 4.78 is 1.45. The standard InChI is InChI=1S/C16H20N4O2/c1-11(2)9-15(21)18-17-10-14-12(3)19-20(16(14)22)13-7-5-4-6-8-13/h4-8,10-11,19H,9H2,1-3H3,(H,18,21)/b17-10-. The zero-order valence-corrected chi connectivity index (χ0v) is 13.0. The molecule has 1 aromatic heterocycles. The molecule has 0 radical (unpaired) electrons. The van der Waals surface area contributed by atoms with E-state index in [1.165, 1.54) is 10.9 Å². The maximum absolute atomic E-state index is 12.4. The lowest BCUT2D eigenvalue weighted by molar-refractivity contribution is -0.121. The first kappa shape index (κ1) is 15.8. The second-order valence-electron chi connectivity index (χ2n) is 5.52. The topological polar surface area (TPSA) is 79.2 Å². The largest absolute Gasteiger partial charge is 0.295 e. The maximum atomic E-state index is 12.4. The number of aryl methyl sites for hydroxylation is 1. The minimum Gasteiger partial charge on any atom is -0.295 e. The van der Waals surface area contributed by atoms with E-state index < -0.39 is 0 Å². The molecule has 1 aromatic carbocycles. The predicted octanol–water partition coefficient (Wildman–Crippen LogP) is 1.97. The highest BCUT2D eigenvalue weighted by Gasteiger charge is 2.10. The molecule has 0 atom stereocenters. The van der Waals surface area contributed by atoms with Crippen LogP contribution in [0.1, 0.15) is 31.5 Å². The minimum absolute atomic E-state index is 0.164. The van der Waals surface area contributed by atoms with Crippen molar-refractivity contribution >= 4 is 12.1 Å². The Hall–Kier alpha value is -2.63. The second kappa shape index (κ2) is 6.89. The zero-order valence-electron chi connectivity index (χ0n) is 13.0. The van der Waals surface area contributed by atoms with Crippen molar-refractivity contribution < 1.29 is 4.79 Å². The van der Waals surface area contributed by atoms with Crippen LogP contribution < -0.4 is 11.0 Å². The van der Waals surface area contributed by atoms with Crippen LogP contribution in [0.2, 0.25) is 0 Å². The number of carbonyl (C=O) groups is 1. The van der Waals surface area contributed by atoms with Crippen molar-refractivity contribution in [3.63, 3.8) is 0 Å². The van der Waals surface area contributed by atoms with Gasteiger partial charge in [-0.3, -0.25) is 14.7 Å². The molecular formula is C16H20N4O2. The SMILES string of the molecule is Cc1[nH]n(-c2ccccc2)c(=O)c1/C=N\NC(=O)CC(C)C. The van der Waals surface area contributed by atoms with Crippen molar-refractivity contribution in [1.82, 2.24) is 15.2 Å². The number of aromatic nitrogens is 2. The number of amides is 1. The molecule has 22 heavy (non-hydrogen) atoms. The molecule has 1 amide bonds. The van der Waals surface area contributed by atoms with Gasteiger partial charge in [-0.05, 0) is 25.0 Å². The van der Waals surface area contributed by atoms with Crippen LogP contribution in [0.4, 0.5) is 0 Å². The molecule has 2 rings (SSSR count). The molecule has 116 valence electrons. The Bertz CT molecular complexity index is 726. The zero-order chi connectivity index (χ0) is 16.1. The van der Waals surface area contributed by atoms with Gasteiger partial charge in [0.2, 0.25) is 5.91 Å². The minimum atomic E-state index is -0.203. The summed E-state index contributed by atoms with van der Waals surface area (Å²) >= 11 is 0. The third kappa shape index (κ3) is 3.72. The van der Waals surface area contributed by atoms with Gasteiger partial charge in [-0.2, -0.15) is 5.10 Å². The van der Waals surface area contributed by atoms with Gasteiger partial charge in [0.05, 0.1) is 17.5 Å². The fourth-order valence-corrected chi connectivity index (χ4v) is 2.06. The number of H-pyrrole nitrogens is 1. The van der Waals surface area contributed by atoms with Gasteiger partial charge in [-0.1, -0.05) is 32.0 Å². The van der Waals surface area contributed by atoms with Gasteiger partial charge in [0.1, 0.15) is 0 Å². The summed E-state index contributed by atoms with van der Waals surface area (Å²) in [5.41, 5.74) is 4.10. The number of rotatable bonds is 5. The third-order valence-electron chi connectivity index (χ3n) is 3.11. The lowest BCUT2D eigenvalue weighted by atomic mass is 10.1. The van der Waals surface area contributed by atoms with E-state index in [4.69, 9.17) is 0 Å². The number of hydrazone groups is 1. The Balaban J connectivity index is 2.18. The Morgan fingerprint density at radius 2 is 2.05 bits per heavy atom. The van der Waals surface area contributed by atoms with E-state index in [1.54, 1.807) is 6.92 Å². The summed E-state index contributed by atoms with van der Waals surface area (Å²) in [7, 11) is 0. The lowest BCUT2D eigenvalue weighted by Crippen LogP contribution is -2.21. The summed E-state index contributed by atoms with van der Waals surface area (Å²) in [5, 5.41) is 6.87. The molecule has 0 unspecified atom stereocenters. The first-order chi connectivity index (χ1) is 10.5. The number of hydrogen-bond acceptors (Lipinski definition) is 3. The van der Waals surface area contributed by atoms with E-state index in [-0.39, 0.29) is 17.4 Å². The first-order valence-electron chi connectivity index (χ1n) is 7.18. The van der Waals surface area contributed by atoms with Gasteiger partial charge in [0.25, 0.3) is 5.56 Å². The molecular weight excluding hydrogens is 280 g/mol. The molecule has 0 saturated heterocycles. The number of aromatic amines is 1. The molecule has 0 aliphatic rings. The molecule has 0 saturated carbocycles. The number of carbonyl (C=O) groups excluding carboxylic acids is 1. The Morgan fingerprint density at radius 1 is 1.36 bits per heavy atom. The van der Waals surface area contributed by atoms with Gasteiger partial charge in [0, 0.05) is 12.1 Å². The summed E-state index contributed by atoms with van der Waals surface area (Å²) in [6.45, 7) is 5.70. The Morgan fingerprint density at radius 3 is 2.68 bits per heavy atom. The van der Waals surface area contributed by atoms with Crippen LogP contribution in [-0.2, 0) is 4.79 Å². The van der Waals surface area contributed by atoms with Crippen molar-refractivity contribution in [2.45, 2.75) is 27.2 Å². The molecule has 0 aliphatic carbocycles. The van der Waals surface area contributed by atoms with Gasteiger partial charge in [0.15, 0.2) is 0 Å². The molecule has 0 aliphatic heterocycles. The summed E-state index contributed by atoms with van der Waals surface area (Å²) in [5.74, 6) is 0.0994. The summed E-state index contributed by atoms with van der Waals surface area (Å²) in [6, 6.07) is 9.28. The highest BCUT2D eigenvalue weighted by molar-refractivity contribution is 5.83. The normalized spacial score (nSPS) is 11.3. The molecule has 0 fully saturated rings. The number of benzene rings is 1.